The van der Waals surface area contributed by atoms with Gasteiger partial charge < -0.3 is 15.5 Å². The van der Waals surface area contributed by atoms with Gasteiger partial charge >= 0.3 is 0 Å². The third kappa shape index (κ3) is 4.10. The Bertz CT molecular complexity index is 559. The second kappa shape index (κ2) is 8.11. The first kappa shape index (κ1) is 17.5. The molecular weight excluding hydrogens is 290 g/mol. The molecule has 1 aliphatic rings. The average molecular weight is 317 g/mol. The lowest BCUT2D eigenvalue weighted by atomic mass is 9.92. The molecule has 2 atom stereocenters. The molecule has 0 spiro atoms. The van der Waals surface area contributed by atoms with E-state index in [4.69, 9.17) is 0 Å². The Labute approximate surface area is 138 Å². The molecule has 5 nitrogen and oxygen atoms in total. The number of likely N-dealkylation sites (N-methyl/N-ethyl adjacent to an activating group) is 1. The van der Waals surface area contributed by atoms with Gasteiger partial charge in [0, 0.05) is 32.0 Å². The number of hydrogen-bond acceptors (Lipinski definition) is 3. The largest absolute Gasteiger partial charge is 0.353 e. The fraction of sp³-hybridized carbons (Fsp3) is 0.556. The SMILES string of the molecule is CCC(C)C(=O)N1Cc2ccccc2CC1C(=O)NCCNC. The van der Waals surface area contributed by atoms with Crippen LogP contribution in [0.3, 0.4) is 0 Å². The first-order valence-corrected chi connectivity index (χ1v) is 8.38. The van der Waals surface area contributed by atoms with Gasteiger partial charge in [-0.25, -0.2) is 0 Å². The smallest absolute Gasteiger partial charge is 0.243 e. The van der Waals surface area contributed by atoms with Crippen LogP contribution in [0.1, 0.15) is 31.4 Å². The van der Waals surface area contributed by atoms with Crippen molar-refractivity contribution in [2.45, 2.75) is 39.3 Å². The normalized spacial score (nSPS) is 18.2. The van der Waals surface area contributed by atoms with Crippen molar-refractivity contribution in [1.82, 2.24) is 15.5 Å². The lowest BCUT2D eigenvalue weighted by Crippen LogP contribution is -2.54. The van der Waals surface area contributed by atoms with Gasteiger partial charge in [-0.05, 0) is 24.6 Å². The second-order valence-electron chi connectivity index (χ2n) is 6.16. The molecule has 2 amide bonds. The molecule has 0 radical (unpaired) electrons. The molecule has 126 valence electrons. The van der Waals surface area contributed by atoms with Crippen LogP contribution in [0.25, 0.3) is 0 Å². The molecular formula is C18H27N3O2. The van der Waals surface area contributed by atoms with Crippen LogP contribution in [-0.2, 0) is 22.6 Å². The molecule has 1 heterocycles. The van der Waals surface area contributed by atoms with Crippen LogP contribution in [0.2, 0.25) is 0 Å². The van der Waals surface area contributed by atoms with Gasteiger partial charge in [0.15, 0.2) is 0 Å². The van der Waals surface area contributed by atoms with Gasteiger partial charge in [-0.2, -0.15) is 0 Å². The molecule has 5 heteroatoms. The van der Waals surface area contributed by atoms with E-state index in [0.717, 1.165) is 17.5 Å². The minimum atomic E-state index is -0.414. The molecule has 2 unspecified atom stereocenters. The molecule has 0 aliphatic carbocycles. The zero-order chi connectivity index (χ0) is 16.8. The number of nitrogens with zero attached hydrogens (tertiary/aromatic N) is 1. The number of rotatable bonds is 6. The van der Waals surface area contributed by atoms with E-state index < -0.39 is 6.04 Å². The lowest BCUT2D eigenvalue weighted by Gasteiger charge is -2.37. The highest BCUT2D eigenvalue weighted by Crippen LogP contribution is 2.25. The van der Waals surface area contributed by atoms with Gasteiger partial charge in [0.25, 0.3) is 0 Å². The van der Waals surface area contributed by atoms with Crippen molar-refractivity contribution in [3.8, 4) is 0 Å². The highest BCUT2D eigenvalue weighted by atomic mass is 16.2. The standard InChI is InChI=1S/C18H27N3O2/c1-4-13(2)18(23)21-12-15-8-6-5-7-14(15)11-16(21)17(22)20-10-9-19-3/h5-8,13,16,19H,4,9-12H2,1-3H3,(H,20,22). The van der Waals surface area contributed by atoms with Crippen molar-refractivity contribution >= 4 is 11.8 Å². The van der Waals surface area contributed by atoms with Gasteiger partial charge in [0.2, 0.25) is 11.8 Å². The van der Waals surface area contributed by atoms with Crippen LogP contribution in [0, 0.1) is 5.92 Å². The summed E-state index contributed by atoms with van der Waals surface area (Å²) in [6.07, 6.45) is 1.37. The van der Waals surface area contributed by atoms with Crippen LogP contribution in [0.5, 0.6) is 0 Å². The summed E-state index contributed by atoms with van der Waals surface area (Å²) in [5, 5.41) is 5.94. The maximum absolute atomic E-state index is 12.7. The van der Waals surface area contributed by atoms with Crippen LogP contribution in [-0.4, -0.2) is 42.9 Å². The number of benzene rings is 1. The van der Waals surface area contributed by atoms with Gasteiger partial charge in [-0.15, -0.1) is 0 Å². The summed E-state index contributed by atoms with van der Waals surface area (Å²) in [5.41, 5.74) is 2.30. The van der Waals surface area contributed by atoms with Gasteiger partial charge in [-0.1, -0.05) is 38.1 Å². The fourth-order valence-electron chi connectivity index (χ4n) is 2.88. The highest BCUT2D eigenvalue weighted by Gasteiger charge is 2.35. The van der Waals surface area contributed by atoms with E-state index in [1.807, 2.05) is 45.2 Å². The summed E-state index contributed by atoms with van der Waals surface area (Å²) in [5.74, 6) is -0.0601. The van der Waals surface area contributed by atoms with Crippen molar-refractivity contribution in [1.29, 1.82) is 0 Å². The minimum absolute atomic E-state index is 0.0622. The van der Waals surface area contributed by atoms with Crippen molar-refractivity contribution in [2.24, 2.45) is 5.92 Å². The molecule has 0 fully saturated rings. The monoisotopic (exact) mass is 317 g/mol. The van der Waals surface area contributed by atoms with Crippen molar-refractivity contribution in [2.75, 3.05) is 20.1 Å². The van der Waals surface area contributed by atoms with Crippen LogP contribution >= 0.6 is 0 Å². The molecule has 1 aliphatic heterocycles. The summed E-state index contributed by atoms with van der Waals surface area (Å²) >= 11 is 0. The maximum Gasteiger partial charge on any atom is 0.243 e. The van der Waals surface area contributed by atoms with Crippen LogP contribution in [0.15, 0.2) is 24.3 Å². The molecule has 23 heavy (non-hydrogen) atoms. The van der Waals surface area contributed by atoms with Crippen LogP contribution in [0.4, 0.5) is 0 Å². The Balaban J connectivity index is 2.20. The molecule has 1 aromatic rings. The average Bonchev–Trinajstić information content (AvgIpc) is 2.59. The number of nitrogens with one attached hydrogen (secondary N) is 2. The Morgan fingerprint density at radius 2 is 1.96 bits per heavy atom. The third-order valence-electron chi connectivity index (χ3n) is 4.54. The molecule has 0 bridgehead atoms. The number of carbonyl (C=O) groups excluding carboxylic acids is 2. The first-order chi connectivity index (χ1) is 11.1. The van der Waals surface area contributed by atoms with Crippen molar-refractivity contribution in [3.63, 3.8) is 0 Å². The highest BCUT2D eigenvalue weighted by molar-refractivity contribution is 5.89. The van der Waals surface area contributed by atoms with Gasteiger partial charge in [0.05, 0.1) is 0 Å². The molecule has 2 rings (SSSR count). The van der Waals surface area contributed by atoms with Crippen molar-refractivity contribution < 1.29 is 9.59 Å². The van der Waals surface area contributed by atoms with Gasteiger partial charge in [-0.3, -0.25) is 9.59 Å². The molecule has 0 saturated heterocycles. The van der Waals surface area contributed by atoms with E-state index in [-0.39, 0.29) is 17.7 Å². The summed E-state index contributed by atoms with van der Waals surface area (Å²) in [7, 11) is 1.85. The molecule has 0 saturated carbocycles. The number of carbonyl (C=O) groups is 2. The lowest BCUT2D eigenvalue weighted by molar-refractivity contribution is -0.144. The second-order valence-corrected chi connectivity index (χ2v) is 6.16. The predicted molar refractivity (Wildman–Crippen MR) is 90.9 cm³/mol. The van der Waals surface area contributed by atoms with E-state index >= 15 is 0 Å². The zero-order valence-electron chi connectivity index (χ0n) is 14.3. The van der Waals surface area contributed by atoms with E-state index in [1.54, 1.807) is 4.90 Å². The Hall–Kier alpha value is -1.88. The van der Waals surface area contributed by atoms with E-state index in [9.17, 15) is 9.59 Å². The van der Waals surface area contributed by atoms with Gasteiger partial charge in [0.1, 0.15) is 6.04 Å². The third-order valence-corrected chi connectivity index (χ3v) is 4.54. The van der Waals surface area contributed by atoms with E-state index in [0.29, 0.717) is 26.1 Å². The predicted octanol–water partition coefficient (Wildman–Crippen LogP) is 1.32. The fourth-order valence-corrected chi connectivity index (χ4v) is 2.88. The Morgan fingerprint density at radius 3 is 2.61 bits per heavy atom. The molecule has 1 aromatic carbocycles. The number of hydrogen-bond donors (Lipinski definition) is 2. The Morgan fingerprint density at radius 1 is 1.26 bits per heavy atom. The Kier molecular flexibility index (Phi) is 6.16. The summed E-state index contributed by atoms with van der Waals surface area (Å²) in [4.78, 5) is 27.0. The molecule has 0 aromatic heterocycles. The topological polar surface area (TPSA) is 61.4 Å². The molecule has 2 N–H and O–H groups in total. The number of amides is 2. The summed E-state index contributed by atoms with van der Waals surface area (Å²) in [6.45, 7) is 5.73. The quantitative estimate of drug-likeness (QED) is 0.778. The number of fused-ring (bicyclic) bond motifs is 1. The first-order valence-electron chi connectivity index (χ1n) is 8.38. The van der Waals surface area contributed by atoms with E-state index in [2.05, 4.69) is 10.6 Å². The zero-order valence-corrected chi connectivity index (χ0v) is 14.3. The van der Waals surface area contributed by atoms with E-state index in [1.165, 1.54) is 0 Å². The summed E-state index contributed by atoms with van der Waals surface area (Å²) < 4.78 is 0. The van der Waals surface area contributed by atoms with Crippen molar-refractivity contribution in [3.05, 3.63) is 35.4 Å². The maximum atomic E-state index is 12.7. The minimum Gasteiger partial charge on any atom is -0.353 e. The summed E-state index contributed by atoms with van der Waals surface area (Å²) in [6, 6.07) is 7.65. The van der Waals surface area contributed by atoms with Crippen LogP contribution < -0.4 is 10.6 Å².